The van der Waals surface area contributed by atoms with Crippen LogP contribution in [0.4, 0.5) is 0 Å². The van der Waals surface area contributed by atoms with Crippen molar-refractivity contribution >= 4 is 17.2 Å². The Morgan fingerprint density at radius 1 is 1.35 bits per heavy atom. The van der Waals surface area contributed by atoms with E-state index in [1.165, 1.54) is 5.56 Å². The number of nitrogens with zero attached hydrogens (tertiary/aromatic N) is 1. The van der Waals surface area contributed by atoms with E-state index in [9.17, 15) is 4.79 Å². The molecule has 2 aromatic rings. The molecule has 2 heterocycles. The molecule has 1 unspecified atom stereocenters. The van der Waals surface area contributed by atoms with Crippen molar-refractivity contribution in [2.75, 3.05) is 19.7 Å². The second kappa shape index (κ2) is 7.64. The maximum Gasteiger partial charge on any atom is 0.227 e. The van der Waals surface area contributed by atoms with Crippen LogP contribution in [0.25, 0.3) is 0 Å². The molecule has 1 saturated heterocycles. The van der Waals surface area contributed by atoms with Gasteiger partial charge in [0.2, 0.25) is 5.91 Å². The van der Waals surface area contributed by atoms with Crippen LogP contribution in [0.5, 0.6) is 5.75 Å². The van der Waals surface area contributed by atoms with E-state index in [0.29, 0.717) is 18.9 Å². The number of carbonyl (C=O) groups excluding carboxylic acids is 1. The second-order valence-electron chi connectivity index (χ2n) is 6.23. The van der Waals surface area contributed by atoms with Crippen LogP contribution >= 0.6 is 11.3 Å². The molecular weight excluding hydrogens is 306 g/mol. The number of likely N-dealkylation sites (tertiary alicyclic amines) is 1. The summed E-state index contributed by atoms with van der Waals surface area (Å²) in [5.41, 5.74) is 1.21. The Balaban J connectivity index is 1.50. The van der Waals surface area contributed by atoms with Crippen molar-refractivity contribution in [2.24, 2.45) is 5.92 Å². The summed E-state index contributed by atoms with van der Waals surface area (Å²) >= 11 is 1.65. The molecule has 1 aromatic heterocycles. The van der Waals surface area contributed by atoms with Crippen LogP contribution in [-0.4, -0.2) is 30.5 Å². The molecule has 1 fully saturated rings. The Labute approximate surface area is 141 Å². The maximum atomic E-state index is 12.4. The van der Waals surface area contributed by atoms with Gasteiger partial charge in [0.25, 0.3) is 0 Å². The van der Waals surface area contributed by atoms with Crippen LogP contribution in [0.15, 0.2) is 41.8 Å². The first-order valence-corrected chi connectivity index (χ1v) is 9.08. The average Bonchev–Trinajstić information content (AvgIpc) is 3.06. The van der Waals surface area contributed by atoms with Gasteiger partial charge in [-0.05, 0) is 48.9 Å². The summed E-state index contributed by atoms with van der Waals surface area (Å²) in [5.74, 6) is 1.59. The van der Waals surface area contributed by atoms with Crippen molar-refractivity contribution < 1.29 is 9.53 Å². The molecular formula is C19H23NO2S. The van der Waals surface area contributed by atoms with Crippen molar-refractivity contribution in [3.8, 4) is 5.75 Å². The van der Waals surface area contributed by atoms with Crippen LogP contribution < -0.4 is 4.74 Å². The van der Waals surface area contributed by atoms with Gasteiger partial charge in [-0.2, -0.15) is 0 Å². The van der Waals surface area contributed by atoms with Crippen molar-refractivity contribution in [1.29, 1.82) is 0 Å². The predicted octanol–water partition coefficient (Wildman–Crippen LogP) is 3.92. The van der Waals surface area contributed by atoms with E-state index in [1.54, 1.807) is 11.3 Å². The summed E-state index contributed by atoms with van der Waals surface area (Å²) in [5, 5.41) is 2.03. The summed E-state index contributed by atoms with van der Waals surface area (Å²) in [6, 6.07) is 12.2. The highest BCUT2D eigenvalue weighted by molar-refractivity contribution is 7.10. The number of thiophene rings is 1. The molecule has 0 saturated carbocycles. The Bertz CT molecular complexity index is 639. The molecule has 1 amide bonds. The van der Waals surface area contributed by atoms with E-state index in [2.05, 4.69) is 19.1 Å². The Morgan fingerprint density at radius 3 is 3.04 bits per heavy atom. The summed E-state index contributed by atoms with van der Waals surface area (Å²) in [6.45, 7) is 4.45. The van der Waals surface area contributed by atoms with E-state index in [1.807, 2.05) is 34.5 Å². The lowest BCUT2D eigenvalue weighted by Crippen LogP contribution is -2.42. The van der Waals surface area contributed by atoms with Crippen molar-refractivity contribution in [1.82, 2.24) is 4.90 Å². The van der Waals surface area contributed by atoms with Gasteiger partial charge in [-0.15, -0.1) is 11.3 Å². The lowest BCUT2D eigenvalue weighted by atomic mass is 9.98. The third-order valence-electron chi connectivity index (χ3n) is 4.25. The molecule has 0 radical (unpaired) electrons. The zero-order chi connectivity index (χ0) is 16.1. The first-order chi connectivity index (χ1) is 11.2. The van der Waals surface area contributed by atoms with Crippen LogP contribution in [-0.2, 0) is 11.2 Å². The van der Waals surface area contributed by atoms with Crippen LogP contribution in [0.2, 0.25) is 0 Å². The molecule has 1 aliphatic rings. The van der Waals surface area contributed by atoms with Gasteiger partial charge >= 0.3 is 0 Å². The molecule has 4 heteroatoms. The standard InChI is InChI=1S/C19H23NO2S/c1-15-5-2-7-17(11-15)22-14-16-6-3-9-20(13-16)19(21)12-18-8-4-10-23-18/h2,4-5,7-8,10-11,16H,3,6,9,12-14H2,1H3. The van der Waals surface area contributed by atoms with Gasteiger partial charge in [0.05, 0.1) is 13.0 Å². The minimum atomic E-state index is 0.243. The number of rotatable bonds is 5. The Morgan fingerprint density at radius 2 is 2.26 bits per heavy atom. The molecule has 0 spiro atoms. The number of ether oxygens (including phenoxy) is 1. The van der Waals surface area contributed by atoms with Crippen molar-refractivity contribution in [2.45, 2.75) is 26.2 Å². The Hall–Kier alpha value is -1.81. The fourth-order valence-corrected chi connectivity index (χ4v) is 3.72. The number of amides is 1. The summed E-state index contributed by atoms with van der Waals surface area (Å²) in [6.07, 6.45) is 2.73. The fraction of sp³-hybridized carbons (Fsp3) is 0.421. The number of benzene rings is 1. The predicted molar refractivity (Wildman–Crippen MR) is 94.0 cm³/mol. The zero-order valence-corrected chi connectivity index (χ0v) is 14.3. The third kappa shape index (κ3) is 4.58. The lowest BCUT2D eigenvalue weighted by molar-refractivity contribution is -0.132. The summed E-state index contributed by atoms with van der Waals surface area (Å²) in [7, 11) is 0. The van der Waals surface area contributed by atoms with Gasteiger partial charge in [0.15, 0.2) is 0 Å². The van der Waals surface area contributed by atoms with Gasteiger partial charge in [-0.3, -0.25) is 4.79 Å². The number of carbonyl (C=O) groups is 1. The molecule has 0 N–H and O–H groups in total. The molecule has 3 rings (SSSR count). The summed E-state index contributed by atoms with van der Waals surface area (Å²) < 4.78 is 5.92. The summed E-state index contributed by atoms with van der Waals surface area (Å²) in [4.78, 5) is 15.6. The average molecular weight is 329 g/mol. The molecule has 3 nitrogen and oxygen atoms in total. The number of hydrogen-bond donors (Lipinski definition) is 0. The lowest BCUT2D eigenvalue weighted by Gasteiger charge is -2.32. The van der Waals surface area contributed by atoms with Crippen molar-refractivity contribution in [3.05, 3.63) is 52.2 Å². The normalized spacial score (nSPS) is 18.0. The van der Waals surface area contributed by atoms with Gasteiger partial charge < -0.3 is 9.64 Å². The van der Waals surface area contributed by atoms with Gasteiger partial charge in [-0.1, -0.05) is 18.2 Å². The van der Waals surface area contributed by atoms with Crippen molar-refractivity contribution in [3.63, 3.8) is 0 Å². The quantitative estimate of drug-likeness (QED) is 0.832. The first-order valence-electron chi connectivity index (χ1n) is 8.20. The highest BCUT2D eigenvalue weighted by atomic mass is 32.1. The van der Waals surface area contributed by atoms with E-state index in [4.69, 9.17) is 4.74 Å². The second-order valence-corrected chi connectivity index (χ2v) is 7.26. The van der Waals surface area contributed by atoms with Crippen LogP contribution in [0.1, 0.15) is 23.3 Å². The van der Waals surface area contributed by atoms with Gasteiger partial charge in [0.1, 0.15) is 5.75 Å². The van der Waals surface area contributed by atoms with Gasteiger partial charge in [-0.25, -0.2) is 0 Å². The van der Waals surface area contributed by atoms with Crippen LogP contribution in [0.3, 0.4) is 0 Å². The molecule has 122 valence electrons. The minimum Gasteiger partial charge on any atom is -0.493 e. The topological polar surface area (TPSA) is 29.5 Å². The van der Waals surface area contributed by atoms with E-state index < -0.39 is 0 Å². The molecule has 1 atom stereocenters. The Kier molecular flexibility index (Phi) is 5.34. The SMILES string of the molecule is Cc1cccc(OCC2CCCN(C(=O)Cc3cccs3)C2)c1. The smallest absolute Gasteiger partial charge is 0.227 e. The largest absolute Gasteiger partial charge is 0.493 e. The van der Waals surface area contributed by atoms with Crippen LogP contribution in [0, 0.1) is 12.8 Å². The number of piperidine rings is 1. The maximum absolute atomic E-state index is 12.4. The van der Waals surface area contributed by atoms with E-state index >= 15 is 0 Å². The monoisotopic (exact) mass is 329 g/mol. The highest BCUT2D eigenvalue weighted by Crippen LogP contribution is 2.21. The zero-order valence-electron chi connectivity index (χ0n) is 13.5. The third-order valence-corrected chi connectivity index (χ3v) is 5.13. The number of hydrogen-bond acceptors (Lipinski definition) is 3. The minimum absolute atomic E-state index is 0.243. The fourth-order valence-electron chi connectivity index (χ4n) is 3.02. The molecule has 1 aromatic carbocycles. The number of aryl methyl sites for hydroxylation is 1. The van der Waals surface area contributed by atoms with Gasteiger partial charge in [0, 0.05) is 23.9 Å². The first kappa shape index (κ1) is 16.1. The van der Waals surface area contributed by atoms with E-state index in [-0.39, 0.29) is 5.91 Å². The molecule has 1 aliphatic heterocycles. The molecule has 23 heavy (non-hydrogen) atoms. The molecule has 0 aliphatic carbocycles. The van der Waals surface area contributed by atoms with E-state index in [0.717, 1.165) is 36.6 Å². The highest BCUT2D eigenvalue weighted by Gasteiger charge is 2.24. The molecule has 0 bridgehead atoms.